The topological polar surface area (TPSA) is 64.3 Å². The van der Waals surface area contributed by atoms with Gasteiger partial charge in [0.15, 0.2) is 14.1 Å². The van der Waals surface area contributed by atoms with E-state index in [9.17, 15) is 0 Å². The van der Waals surface area contributed by atoms with Crippen LogP contribution in [0.2, 0.25) is 18.1 Å². The van der Waals surface area contributed by atoms with E-state index in [1.807, 2.05) is 6.07 Å². The predicted molar refractivity (Wildman–Crippen MR) is 85.3 cm³/mol. The molecule has 0 bridgehead atoms. The highest BCUT2D eigenvalue weighted by Gasteiger charge is 2.40. The Bertz CT molecular complexity index is 455. The molecule has 1 unspecified atom stereocenters. The zero-order valence-corrected chi connectivity index (χ0v) is 14.2. The minimum atomic E-state index is -1.69. The third-order valence-electron chi connectivity index (χ3n) is 4.41. The standard InChI is InChI=1S/C14H26N4OSi/c1-14(2,3)20(4,5)19-11-8-9-18(10-11)13-7-6-12(15)16-17-13/h6-7,11H,8-10H2,1-5H3,(H2,15,16). The average Bonchev–Trinajstić information content (AvgIpc) is 2.76. The van der Waals surface area contributed by atoms with Crippen LogP contribution in [0.1, 0.15) is 27.2 Å². The maximum Gasteiger partial charge on any atom is 0.192 e. The molecule has 0 aromatic carbocycles. The Morgan fingerprint density at radius 3 is 2.55 bits per heavy atom. The second-order valence-corrected chi connectivity index (χ2v) is 11.8. The number of hydrogen-bond donors (Lipinski definition) is 1. The Hall–Kier alpha value is -1.14. The van der Waals surface area contributed by atoms with Gasteiger partial charge in [0, 0.05) is 13.1 Å². The molecule has 1 aromatic rings. The lowest BCUT2D eigenvalue weighted by molar-refractivity contribution is 0.202. The third kappa shape index (κ3) is 3.30. The van der Waals surface area contributed by atoms with Gasteiger partial charge in [0.2, 0.25) is 0 Å². The summed E-state index contributed by atoms with van der Waals surface area (Å²) in [5, 5.41) is 8.31. The van der Waals surface area contributed by atoms with Gasteiger partial charge in [-0.3, -0.25) is 0 Å². The number of nitrogens with two attached hydrogens (primary N) is 1. The fourth-order valence-electron chi connectivity index (χ4n) is 2.13. The van der Waals surface area contributed by atoms with Crippen LogP contribution in [-0.2, 0) is 4.43 Å². The summed E-state index contributed by atoms with van der Waals surface area (Å²) in [7, 11) is -1.69. The summed E-state index contributed by atoms with van der Waals surface area (Å²) in [4.78, 5) is 2.23. The summed E-state index contributed by atoms with van der Waals surface area (Å²) in [6, 6.07) is 3.72. The van der Waals surface area contributed by atoms with Crippen LogP contribution in [-0.4, -0.2) is 37.7 Å². The summed E-state index contributed by atoms with van der Waals surface area (Å²) in [6.45, 7) is 13.3. The van der Waals surface area contributed by atoms with Crippen molar-refractivity contribution >= 4 is 20.0 Å². The molecule has 0 amide bonds. The number of anilines is 2. The van der Waals surface area contributed by atoms with Gasteiger partial charge in [0.1, 0.15) is 5.82 Å². The second kappa shape index (κ2) is 5.33. The van der Waals surface area contributed by atoms with Crippen molar-refractivity contribution in [3.63, 3.8) is 0 Å². The fourth-order valence-corrected chi connectivity index (χ4v) is 3.51. The van der Waals surface area contributed by atoms with Gasteiger partial charge in [-0.05, 0) is 36.7 Å². The second-order valence-electron chi connectivity index (χ2n) is 7.05. The van der Waals surface area contributed by atoms with Gasteiger partial charge in [-0.15, -0.1) is 10.2 Å². The molecular formula is C14H26N4OSi. The molecular weight excluding hydrogens is 268 g/mol. The third-order valence-corrected chi connectivity index (χ3v) is 8.94. The number of nitrogen functional groups attached to an aromatic ring is 1. The summed E-state index contributed by atoms with van der Waals surface area (Å²) in [5.41, 5.74) is 5.57. The maximum absolute atomic E-state index is 6.46. The zero-order chi connectivity index (χ0) is 15.0. The number of nitrogens with zero attached hydrogens (tertiary/aromatic N) is 3. The van der Waals surface area contributed by atoms with Crippen molar-refractivity contribution in [1.82, 2.24) is 10.2 Å². The van der Waals surface area contributed by atoms with Crippen molar-refractivity contribution in [3.8, 4) is 0 Å². The van der Waals surface area contributed by atoms with Crippen LogP contribution in [0.25, 0.3) is 0 Å². The normalized spacial score (nSPS) is 20.4. The Kier molecular flexibility index (Phi) is 4.06. The lowest BCUT2D eigenvalue weighted by Crippen LogP contribution is -2.44. The van der Waals surface area contributed by atoms with Gasteiger partial charge in [-0.2, -0.15) is 0 Å². The Balaban J connectivity index is 1.98. The van der Waals surface area contributed by atoms with Crippen molar-refractivity contribution in [2.75, 3.05) is 23.7 Å². The largest absolute Gasteiger partial charge is 0.412 e. The summed E-state index contributed by atoms with van der Waals surface area (Å²) < 4.78 is 6.46. The quantitative estimate of drug-likeness (QED) is 0.868. The SMILES string of the molecule is CC(C)(C)[Si](C)(C)OC1CCN(c2ccc(N)nn2)C1. The van der Waals surface area contributed by atoms with E-state index in [1.54, 1.807) is 6.07 Å². The van der Waals surface area contributed by atoms with E-state index in [-0.39, 0.29) is 5.04 Å². The molecule has 112 valence electrons. The van der Waals surface area contributed by atoms with Crippen molar-refractivity contribution in [3.05, 3.63) is 12.1 Å². The molecule has 1 saturated heterocycles. The fraction of sp³-hybridized carbons (Fsp3) is 0.714. The molecule has 1 aliphatic rings. The van der Waals surface area contributed by atoms with Gasteiger partial charge in [-0.1, -0.05) is 20.8 Å². The maximum atomic E-state index is 6.46. The molecule has 20 heavy (non-hydrogen) atoms. The van der Waals surface area contributed by atoms with Crippen molar-refractivity contribution in [1.29, 1.82) is 0 Å². The summed E-state index contributed by atoms with van der Waals surface area (Å²) >= 11 is 0. The molecule has 6 heteroatoms. The van der Waals surface area contributed by atoms with Crippen LogP contribution < -0.4 is 10.6 Å². The Morgan fingerprint density at radius 2 is 2.00 bits per heavy atom. The molecule has 2 N–H and O–H groups in total. The summed E-state index contributed by atoms with van der Waals surface area (Å²) in [6.07, 6.45) is 1.36. The molecule has 1 aromatic heterocycles. The molecule has 2 heterocycles. The lowest BCUT2D eigenvalue weighted by Gasteiger charge is -2.38. The van der Waals surface area contributed by atoms with Gasteiger partial charge in [0.05, 0.1) is 6.10 Å². The van der Waals surface area contributed by atoms with E-state index >= 15 is 0 Å². The first kappa shape index (κ1) is 15.2. The summed E-state index contributed by atoms with van der Waals surface area (Å²) in [5.74, 6) is 1.35. The molecule has 0 radical (unpaired) electrons. The van der Waals surface area contributed by atoms with E-state index in [1.165, 1.54) is 0 Å². The number of hydrogen-bond acceptors (Lipinski definition) is 5. The van der Waals surface area contributed by atoms with Crippen molar-refractivity contribution < 1.29 is 4.43 Å². The number of aromatic nitrogens is 2. The van der Waals surface area contributed by atoms with E-state index in [4.69, 9.17) is 10.2 Å². The first-order valence-corrected chi connectivity index (χ1v) is 10.1. The first-order chi connectivity index (χ1) is 9.19. The number of rotatable bonds is 3. The van der Waals surface area contributed by atoms with Crippen LogP contribution in [0.3, 0.4) is 0 Å². The smallest absolute Gasteiger partial charge is 0.192 e. The van der Waals surface area contributed by atoms with Gasteiger partial charge < -0.3 is 15.1 Å². The van der Waals surface area contributed by atoms with E-state index < -0.39 is 8.32 Å². The zero-order valence-electron chi connectivity index (χ0n) is 13.2. The molecule has 2 rings (SSSR count). The molecule has 1 fully saturated rings. The minimum Gasteiger partial charge on any atom is -0.412 e. The van der Waals surface area contributed by atoms with Crippen LogP contribution >= 0.6 is 0 Å². The van der Waals surface area contributed by atoms with Crippen LogP contribution in [0, 0.1) is 0 Å². The highest BCUT2D eigenvalue weighted by Crippen LogP contribution is 2.38. The highest BCUT2D eigenvalue weighted by molar-refractivity contribution is 6.74. The Morgan fingerprint density at radius 1 is 1.30 bits per heavy atom. The highest BCUT2D eigenvalue weighted by atomic mass is 28.4. The lowest BCUT2D eigenvalue weighted by atomic mass is 10.2. The molecule has 0 aliphatic carbocycles. The minimum absolute atomic E-state index is 0.251. The molecule has 1 aliphatic heterocycles. The van der Waals surface area contributed by atoms with Gasteiger partial charge in [0.25, 0.3) is 0 Å². The molecule has 0 saturated carbocycles. The van der Waals surface area contributed by atoms with Crippen molar-refractivity contribution in [2.45, 2.75) is 51.4 Å². The van der Waals surface area contributed by atoms with Crippen LogP contribution in [0.4, 0.5) is 11.6 Å². The van der Waals surface area contributed by atoms with E-state index in [0.29, 0.717) is 11.9 Å². The monoisotopic (exact) mass is 294 g/mol. The van der Waals surface area contributed by atoms with Gasteiger partial charge >= 0.3 is 0 Å². The van der Waals surface area contributed by atoms with Gasteiger partial charge in [-0.25, -0.2) is 0 Å². The molecule has 0 spiro atoms. The first-order valence-electron chi connectivity index (χ1n) is 7.21. The predicted octanol–water partition coefficient (Wildman–Crippen LogP) is 2.66. The van der Waals surface area contributed by atoms with Crippen LogP contribution in [0.15, 0.2) is 12.1 Å². The van der Waals surface area contributed by atoms with E-state index in [0.717, 1.165) is 25.3 Å². The van der Waals surface area contributed by atoms with Crippen LogP contribution in [0.5, 0.6) is 0 Å². The molecule has 5 nitrogen and oxygen atoms in total. The van der Waals surface area contributed by atoms with Crippen molar-refractivity contribution in [2.24, 2.45) is 0 Å². The Labute approximate surface area is 122 Å². The van der Waals surface area contributed by atoms with E-state index in [2.05, 4.69) is 49.0 Å². The average molecular weight is 294 g/mol. The molecule has 1 atom stereocenters.